The number of hydrogen-bond acceptors (Lipinski definition) is 3. The molecule has 0 aliphatic carbocycles. The molecule has 1 aromatic rings. The predicted molar refractivity (Wildman–Crippen MR) is 43.6 cm³/mol. The van der Waals surface area contributed by atoms with Gasteiger partial charge in [0.05, 0.1) is 12.5 Å². The maximum atomic E-state index is 10.0. The molecule has 0 aliphatic rings. The number of rotatable bonds is 1. The largest absolute Gasteiger partial charge is 0.332 e. The molecule has 4 nitrogen and oxygen atoms in total. The standard InChI is InChI=1S/C5H6N2O.C2H7N/c1-7-4-6-2-5(7)3-8;1-3-2/h2-4H,1H3;3H,1-2H3. The zero-order valence-electron chi connectivity index (χ0n) is 7.03. The van der Waals surface area contributed by atoms with Gasteiger partial charge >= 0.3 is 0 Å². The Morgan fingerprint density at radius 2 is 2.18 bits per heavy atom. The van der Waals surface area contributed by atoms with E-state index in [2.05, 4.69) is 10.3 Å². The number of aryl methyl sites for hydroxylation is 1. The quantitative estimate of drug-likeness (QED) is 0.584. The molecule has 0 saturated carbocycles. The third-order valence-electron chi connectivity index (χ3n) is 0.975. The highest BCUT2D eigenvalue weighted by Gasteiger charge is 1.90. The van der Waals surface area contributed by atoms with Crippen LogP contribution in [0.3, 0.4) is 0 Å². The van der Waals surface area contributed by atoms with Crippen LogP contribution in [0.4, 0.5) is 0 Å². The highest BCUT2D eigenvalue weighted by atomic mass is 16.1. The van der Waals surface area contributed by atoms with Crippen molar-refractivity contribution in [2.45, 2.75) is 0 Å². The molecule has 1 rings (SSSR count). The molecule has 62 valence electrons. The van der Waals surface area contributed by atoms with Crippen LogP contribution in [-0.2, 0) is 7.05 Å². The van der Waals surface area contributed by atoms with E-state index >= 15 is 0 Å². The summed E-state index contributed by atoms with van der Waals surface area (Å²) in [6.07, 6.45) is 3.88. The number of aldehydes is 1. The van der Waals surface area contributed by atoms with E-state index in [0.717, 1.165) is 6.29 Å². The summed E-state index contributed by atoms with van der Waals surface area (Å²) in [5, 5.41) is 2.75. The van der Waals surface area contributed by atoms with Gasteiger partial charge in [-0.25, -0.2) is 4.98 Å². The van der Waals surface area contributed by atoms with Crippen molar-refractivity contribution < 1.29 is 4.79 Å². The molecule has 11 heavy (non-hydrogen) atoms. The molecule has 4 heteroatoms. The smallest absolute Gasteiger partial charge is 0.168 e. The topological polar surface area (TPSA) is 46.9 Å². The summed E-state index contributed by atoms with van der Waals surface area (Å²) in [5.74, 6) is 0. The molecule has 0 aromatic carbocycles. The van der Waals surface area contributed by atoms with Crippen LogP contribution in [0.5, 0.6) is 0 Å². The van der Waals surface area contributed by atoms with Crippen molar-refractivity contribution in [2.24, 2.45) is 7.05 Å². The molecule has 0 bridgehead atoms. The lowest BCUT2D eigenvalue weighted by molar-refractivity contribution is 0.111. The molecule has 0 radical (unpaired) electrons. The van der Waals surface area contributed by atoms with Gasteiger partial charge in [0, 0.05) is 7.05 Å². The number of nitrogens with zero attached hydrogens (tertiary/aromatic N) is 2. The van der Waals surface area contributed by atoms with Crippen molar-refractivity contribution in [3.05, 3.63) is 18.2 Å². The lowest BCUT2D eigenvalue weighted by atomic mass is 10.5. The number of imidazole rings is 1. The zero-order valence-corrected chi connectivity index (χ0v) is 7.03. The van der Waals surface area contributed by atoms with Crippen LogP contribution in [0.25, 0.3) is 0 Å². The van der Waals surface area contributed by atoms with Gasteiger partial charge in [-0.2, -0.15) is 0 Å². The molecule has 1 aromatic heterocycles. The van der Waals surface area contributed by atoms with Gasteiger partial charge in [0.15, 0.2) is 6.29 Å². The Morgan fingerprint density at radius 1 is 1.64 bits per heavy atom. The molecule has 0 atom stereocenters. The molecule has 0 unspecified atom stereocenters. The fourth-order valence-corrected chi connectivity index (χ4v) is 0.481. The van der Waals surface area contributed by atoms with Crippen LogP contribution >= 0.6 is 0 Å². The third-order valence-corrected chi connectivity index (χ3v) is 0.975. The molecule has 1 N–H and O–H groups in total. The summed E-state index contributed by atoms with van der Waals surface area (Å²) in [6.45, 7) is 0. The van der Waals surface area contributed by atoms with Gasteiger partial charge in [-0.15, -0.1) is 0 Å². The minimum atomic E-state index is 0.602. The van der Waals surface area contributed by atoms with Crippen LogP contribution < -0.4 is 5.32 Å². The van der Waals surface area contributed by atoms with Gasteiger partial charge < -0.3 is 9.88 Å². The fraction of sp³-hybridized carbons (Fsp3) is 0.429. The number of aromatic nitrogens is 2. The summed E-state index contributed by atoms with van der Waals surface area (Å²) in [6, 6.07) is 0. The molecule has 0 fully saturated rings. The van der Waals surface area contributed by atoms with Crippen LogP contribution in [0.2, 0.25) is 0 Å². The second-order valence-electron chi connectivity index (χ2n) is 2.05. The third kappa shape index (κ3) is 3.52. The Balaban J connectivity index is 0.000000292. The van der Waals surface area contributed by atoms with E-state index in [1.165, 1.54) is 6.20 Å². The van der Waals surface area contributed by atoms with Crippen LogP contribution in [0.15, 0.2) is 12.5 Å². The Hall–Kier alpha value is -1.16. The summed E-state index contributed by atoms with van der Waals surface area (Å²) < 4.78 is 1.66. The molecule has 1 heterocycles. The Bertz CT molecular complexity index is 207. The Kier molecular flexibility index (Phi) is 5.02. The van der Waals surface area contributed by atoms with Crippen LogP contribution in [-0.4, -0.2) is 29.9 Å². The summed E-state index contributed by atoms with van der Waals surface area (Å²) in [7, 11) is 5.52. The van der Waals surface area contributed by atoms with Crippen molar-refractivity contribution >= 4 is 6.29 Å². The first-order valence-corrected chi connectivity index (χ1v) is 3.26. The molecule has 0 aliphatic heterocycles. The van der Waals surface area contributed by atoms with Crippen molar-refractivity contribution in [1.82, 2.24) is 14.9 Å². The average molecular weight is 155 g/mol. The van der Waals surface area contributed by atoms with Crippen molar-refractivity contribution in [3.63, 3.8) is 0 Å². The van der Waals surface area contributed by atoms with E-state index in [9.17, 15) is 4.79 Å². The fourth-order valence-electron chi connectivity index (χ4n) is 0.481. The first-order valence-electron chi connectivity index (χ1n) is 3.26. The van der Waals surface area contributed by atoms with Gasteiger partial charge in [-0.3, -0.25) is 4.79 Å². The Morgan fingerprint density at radius 3 is 2.36 bits per heavy atom. The monoisotopic (exact) mass is 155 g/mol. The van der Waals surface area contributed by atoms with Gasteiger partial charge in [0.1, 0.15) is 5.69 Å². The zero-order chi connectivity index (χ0) is 8.69. The SMILES string of the molecule is CNC.Cn1cncc1C=O. The van der Waals surface area contributed by atoms with Crippen molar-refractivity contribution in [1.29, 1.82) is 0 Å². The predicted octanol–water partition coefficient (Wildman–Crippen LogP) is 0.0682. The molecular formula is C7H13N3O. The second-order valence-corrected chi connectivity index (χ2v) is 2.05. The number of hydrogen-bond donors (Lipinski definition) is 1. The van der Waals surface area contributed by atoms with Crippen molar-refractivity contribution in [3.8, 4) is 0 Å². The van der Waals surface area contributed by atoms with Gasteiger partial charge in [-0.1, -0.05) is 0 Å². The van der Waals surface area contributed by atoms with E-state index in [4.69, 9.17) is 0 Å². The lowest BCUT2D eigenvalue weighted by Crippen LogP contribution is -1.90. The van der Waals surface area contributed by atoms with E-state index in [1.54, 1.807) is 17.9 Å². The van der Waals surface area contributed by atoms with E-state index in [0.29, 0.717) is 5.69 Å². The highest BCUT2D eigenvalue weighted by Crippen LogP contribution is 1.88. The lowest BCUT2D eigenvalue weighted by Gasteiger charge is -1.86. The highest BCUT2D eigenvalue weighted by molar-refractivity contribution is 5.71. The summed E-state index contributed by atoms with van der Waals surface area (Å²) in [4.78, 5) is 13.8. The maximum absolute atomic E-state index is 10.0. The summed E-state index contributed by atoms with van der Waals surface area (Å²) in [5.41, 5.74) is 0.602. The minimum Gasteiger partial charge on any atom is -0.332 e. The molecule has 0 saturated heterocycles. The number of carbonyl (C=O) groups is 1. The van der Waals surface area contributed by atoms with Gasteiger partial charge in [0.2, 0.25) is 0 Å². The van der Waals surface area contributed by atoms with E-state index in [-0.39, 0.29) is 0 Å². The molecule has 0 amide bonds. The van der Waals surface area contributed by atoms with Gasteiger partial charge in [-0.05, 0) is 14.1 Å². The number of carbonyl (C=O) groups excluding carboxylic acids is 1. The van der Waals surface area contributed by atoms with Crippen LogP contribution in [0.1, 0.15) is 10.5 Å². The minimum absolute atomic E-state index is 0.602. The first kappa shape index (κ1) is 9.84. The van der Waals surface area contributed by atoms with Crippen LogP contribution in [0, 0.1) is 0 Å². The average Bonchev–Trinajstić information content (AvgIpc) is 2.36. The van der Waals surface area contributed by atoms with E-state index in [1.807, 2.05) is 14.1 Å². The summed E-state index contributed by atoms with van der Waals surface area (Å²) >= 11 is 0. The van der Waals surface area contributed by atoms with Gasteiger partial charge in [0.25, 0.3) is 0 Å². The normalized spacial score (nSPS) is 8.27. The Labute approximate surface area is 66.2 Å². The first-order chi connectivity index (χ1) is 5.26. The maximum Gasteiger partial charge on any atom is 0.168 e. The van der Waals surface area contributed by atoms with E-state index < -0.39 is 0 Å². The molecular weight excluding hydrogens is 142 g/mol. The second kappa shape index (κ2) is 5.61. The molecule has 0 spiro atoms. The van der Waals surface area contributed by atoms with Crippen molar-refractivity contribution in [2.75, 3.05) is 14.1 Å². The number of nitrogens with one attached hydrogen (secondary N) is 1.